The van der Waals surface area contributed by atoms with Crippen molar-refractivity contribution in [3.8, 4) is 5.75 Å². The van der Waals surface area contributed by atoms with Crippen LogP contribution in [0.15, 0.2) is 36.4 Å². The van der Waals surface area contributed by atoms with Gasteiger partial charge in [0, 0.05) is 5.69 Å². The normalized spacial score (nSPS) is 17.9. The molecule has 1 atom stereocenters. The van der Waals surface area contributed by atoms with E-state index in [-0.39, 0.29) is 27.7 Å². The molecule has 9 nitrogen and oxygen atoms in total. The van der Waals surface area contributed by atoms with E-state index < -0.39 is 45.0 Å². The lowest BCUT2D eigenvalue weighted by molar-refractivity contribution is -0.119. The third kappa shape index (κ3) is 3.89. The average molecular weight is 439 g/mol. The van der Waals surface area contributed by atoms with Gasteiger partial charge in [0.1, 0.15) is 11.3 Å². The van der Waals surface area contributed by atoms with Crippen molar-refractivity contribution in [2.45, 2.75) is 6.92 Å². The fourth-order valence-corrected chi connectivity index (χ4v) is 4.96. The standard InChI is InChI=1S/C18H15ClN2O7S/c1-9-8-29(27,28)21(17(9)24)11-3-4-12(14(19)7-11)16(23)20-10-2-5-15(22)13(6-10)18(25)26/h2-7,9,22H,8H2,1H3,(H,20,23)(H,25,26). The number of anilines is 2. The second kappa shape index (κ2) is 7.37. The zero-order valence-corrected chi connectivity index (χ0v) is 16.5. The molecule has 1 aliphatic heterocycles. The second-order valence-electron chi connectivity index (χ2n) is 6.44. The molecule has 1 unspecified atom stereocenters. The van der Waals surface area contributed by atoms with Crippen molar-refractivity contribution >= 4 is 50.8 Å². The number of carboxylic acids is 1. The smallest absolute Gasteiger partial charge is 0.339 e. The Morgan fingerprint density at radius 3 is 2.41 bits per heavy atom. The number of benzene rings is 2. The molecule has 2 amide bonds. The SMILES string of the molecule is CC1CS(=O)(=O)N(c2ccc(C(=O)Nc3ccc(O)c(C(=O)O)c3)c(Cl)c2)C1=O. The van der Waals surface area contributed by atoms with E-state index in [2.05, 4.69) is 5.32 Å². The van der Waals surface area contributed by atoms with E-state index in [1.165, 1.54) is 31.2 Å². The maximum absolute atomic E-state index is 12.5. The van der Waals surface area contributed by atoms with Gasteiger partial charge >= 0.3 is 5.97 Å². The monoisotopic (exact) mass is 438 g/mol. The molecule has 1 heterocycles. The Labute approximate surface area is 170 Å². The van der Waals surface area contributed by atoms with Crippen molar-refractivity contribution in [2.24, 2.45) is 5.92 Å². The van der Waals surface area contributed by atoms with E-state index in [0.717, 1.165) is 12.1 Å². The third-order valence-electron chi connectivity index (χ3n) is 4.28. The summed E-state index contributed by atoms with van der Waals surface area (Å²) in [5.41, 5.74) is -0.274. The molecular formula is C18H15ClN2O7S. The van der Waals surface area contributed by atoms with Crippen LogP contribution in [0.25, 0.3) is 0 Å². The Hall–Kier alpha value is -3.11. The lowest BCUT2D eigenvalue weighted by Gasteiger charge is -2.16. The Morgan fingerprint density at radius 1 is 1.17 bits per heavy atom. The minimum Gasteiger partial charge on any atom is -0.507 e. The lowest BCUT2D eigenvalue weighted by atomic mass is 10.1. The number of hydrogen-bond acceptors (Lipinski definition) is 6. The van der Waals surface area contributed by atoms with Crippen LogP contribution in [0, 0.1) is 5.92 Å². The highest BCUT2D eigenvalue weighted by atomic mass is 35.5. The highest BCUT2D eigenvalue weighted by Crippen LogP contribution is 2.32. The molecule has 0 bridgehead atoms. The minimum atomic E-state index is -3.81. The number of halogens is 1. The van der Waals surface area contributed by atoms with Gasteiger partial charge in [-0.3, -0.25) is 9.59 Å². The number of amides is 2. The summed E-state index contributed by atoms with van der Waals surface area (Å²) in [5.74, 6) is -4.08. The number of aromatic carboxylic acids is 1. The van der Waals surface area contributed by atoms with Gasteiger partial charge < -0.3 is 15.5 Å². The molecule has 29 heavy (non-hydrogen) atoms. The van der Waals surface area contributed by atoms with Crippen LogP contribution in [0.3, 0.4) is 0 Å². The fraction of sp³-hybridized carbons (Fsp3) is 0.167. The minimum absolute atomic E-state index is 0.0162. The van der Waals surface area contributed by atoms with Gasteiger partial charge in [0.2, 0.25) is 15.9 Å². The number of carbonyl (C=O) groups is 3. The van der Waals surface area contributed by atoms with Gasteiger partial charge in [-0.05, 0) is 36.4 Å². The van der Waals surface area contributed by atoms with Crippen LogP contribution in [0.4, 0.5) is 11.4 Å². The van der Waals surface area contributed by atoms with Crippen molar-refractivity contribution in [2.75, 3.05) is 15.4 Å². The first kappa shape index (κ1) is 20.6. The molecule has 3 N–H and O–H groups in total. The predicted molar refractivity (Wildman–Crippen MR) is 105 cm³/mol. The predicted octanol–water partition coefficient (Wildman–Crippen LogP) is 2.31. The van der Waals surface area contributed by atoms with Gasteiger partial charge in [-0.15, -0.1) is 0 Å². The molecule has 152 valence electrons. The number of nitrogens with one attached hydrogen (secondary N) is 1. The van der Waals surface area contributed by atoms with Gasteiger partial charge in [0.05, 0.1) is 27.9 Å². The number of sulfonamides is 1. The largest absolute Gasteiger partial charge is 0.507 e. The first-order valence-electron chi connectivity index (χ1n) is 8.25. The van der Waals surface area contributed by atoms with Crippen LogP contribution < -0.4 is 9.62 Å². The molecule has 3 rings (SSSR count). The number of rotatable bonds is 4. The van der Waals surface area contributed by atoms with Crippen molar-refractivity contribution in [3.05, 3.63) is 52.5 Å². The zero-order valence-electron chi connectivity index (χ0n) is 14.9. The maximum Gasteiger partial charge on any atom is 0.339 e. The average Bonchev–Trinajstić information content (AvgIpc) is 2.83. The van der Waals surface area contributed by atoms with Crippen molar-refractivity contribution in [1.29, 1.82) is 0 Å². The Kier molecular flexibility index (Phi) is 5.24. The molecule has 11 heteroatoms. The van der Waals surface area contributed by atoms with E-state index in [4.69, 9.17) is 16.7 Å². The highest BCUT2D eigenvalue weighted by Gasteiger charge is 2.42. The van der Waals surface area contributed by atoms with Crippen LogP contribution in [0.1, 0.15) is 27.6 Å². The fourth-order valence-electron chi connectivity index (χ4n) is 2.88. The molecule has 0 aromatic heterocycles. The molecule has 1 saturated heterocycles. The Balaban J connectivity index is 1.88. The Morgan fingerprint density at radius 2 is 1.86 bits per heavy atom. The molecule has 0 saturated carbocycles. The van der Waals surface area contributed by atoms with E-state index in [1.807, 2.05) is 0 Å². The zero-order chi connectivity index (χ0) is 21.5. The number of aromatic hydroxyl groups is 1. The summed E-state index contributed by atoms with van der Waals surface area (Å²) in [5, 5.41) is 20.9. The first-order valence-corrected chi connectivity index (χ1v) is 10.2. The molecule has 1 aliphatic rings. The molecule has 1 fully saturated rings. The lowest BCUT2D eigenvalue weighted by Crippen LogP contribution is -2.30. The molecule has 2 aromatic rings. The van der Waals surface area contributed by atoms with E-state index in [0.29, 0.717) is 4.31 Å². The molecule has 2 aromatic carbocycles. The van der Waals surface area contributed by atoms with Crippen molar-refractivity contribution in [1.82, 2.24) is 0 Å². The summed E-state index contributed by atoms with van der Waals surface area (Å²) in [6.45, 7) is 1.51. The first-order chi connectivity index (χ1) is 13.5. The molecule has 0 radical (unpaired) electrons. The third-order valence-corrected chi connectivity index (χ3v) is 6.46. The highest BCUT2D eigenvalue weighted by molar-refractivity contribution is 7.94. The van der Waals surface area contributed by atoms with Crippen LogP contribution in [-0.4, -0.2) is 42.2 Å². The van der Waals surface area contributed by atoms with Gasteiger partial charge in [-0.2, -0.15) is 0 Å². The topological polar surface area (TPSA) is 141 Å². The summed E-state index contributed by atoms with van der Waals surface area (Å²) >= 11 is 6.13. The number of carbonyl (C=O) groups excluding carboxylic acids is 2. The van der Waals surface area contributed by atoms with Crippen LogP contribution >= 0.6 is 11.6 Å². The summed E-state index contributed by atoms with van der Waals surface area (Å²) in [7, 11) is -3.81. The van der Waals surface area contributed by atoms with Crippen LogP contribution in [0.5, 0.6) is 5.75 Å². The number of carboxylic acid groups (broad SMARTS) is 1. The quantitative estimate of drug-likeness (QED) is 0.622. The second-order valence-corrected chi connectivity index (χ2v) is 8.71. The molecular weight excluding hydrogens is 424 g/mol. The summed E-state index contributed by atoms with van der Waals surface area (Å²) < 4.78 is 25.0. The van der Waals surface area contributed by atoms with E-state index in [9.17, 15) is 27.9 Å². The van der Waals surface area contributed by atoms with Crippen molar-refractivity contribution < 1.29 is 33.0 Å². The van der Waals surface area contributed by atoms with Gasteiger partial charge in [0.15, 0.2) is 0 Å². The van der Waals surface area contributed by atoms with Gasteiger partial charge in [0.25, 0.3) is 5.91 Å². The summed E-state index contributed by atoms with van der Waals surface area (Å²) in [6.07, 6.45) is 0. The van der Waals surface area contributed by atoms with Gasteiger partial charge in [-0.1, -0.05) is 18.5 Å². The Bertz CT molecular complexity index is 1150. The number of phenols is 1. The van der Waals surface area contributed by atoms with Gasteiger partial charge in [-0.25, -0.2) is 17.5 Å². The molecule has 0 spiro atoms. The van der Waals surface area contributed by atoms with E-state index in [1.54, 1.807) is 0 Å². The molecule has 0 aliphatic carbocycles. The maximum atomic E-state index is 12.5. The van der Waals surface area contributed by atoms with Crippen LogP contribution in [0.2, 0.25) is 5.02 Å². The summed E-state index contributed by atoms with van der Waals surface area (Å²) in [4.78, 5) is 35.7. The summed E-state index contributed by atoms with van der Waals surface area (Å²) in [6, 6.07) is 7.25. The number of nitrogens with zero attached hydrogens (tertiary/aromatic N) is 1. The van der Waals surface area contributed by atoms with Crippen molar-refractivity contribution in [3.63, 3.8) is 0 Å². The van der Waals surface area contributed by atoms with Crippen LogP contribution in [-0.2, 0) is 14.8 Å². The van der Waals surface area contributed by atoms with E-state index >= 15 is 0 Å². The number of hydrogen-bond donors (Lipinski definition) is 3.